The lowest BCUT2D eigenvalue weighted by Gasteiger charge is -2.46. The number of allylic oxidation sites excluding steroid dienone is 2. The van der Waals surface area contributed by atoms with Gasteiger partial charge < -0.3 is 65.5 Å². The molecule has 1 heterocycles. The molecule has 11 amide bonds. The summed E-state index contributed by atoms with van der Waals surface area (Å²) in [6, 6.07) is -11.7. The summed E-state index contributed by atoms with van der Waals surface area (Å²) >= 11 is 0. The maximum absolute atomic E-state index is 15.5. The Morgan fingerprint density at radius 3 is 1.41 bits per heavy atom. The minimum atomic E-state index is -2.38. The van der Waals surface area contributed by atoms with E-state index in [1.54, 1.807) is 46.8 Å². The van der Waals surface area contributed by atoms with Crippen molar-refractivity contribution in [1.82, 2.24) is 55.6 Å². The zero-order valence-corrected chi connectivity index (χ0v) is 57.0. The number of hydrogen-bond donors (Lipinski definition) is 5. The summed E-state index contributed by atoms with van der Waals surface area (Å²) in [5, 5.41) is 23.0. The van der Waals surface area contributed by atoms with E-state index < -0.39 is 155 Å². The predicted molar refractivity (Wildman–Crippen MR) is 333 cm³/mol. The van der Waals surface area contributed by atoms with Crippen LogP contribution in [-0.4, -0.2) is 233 Å². The molecule has 12 atom stereocenters. The first-order valence-electron chi connectivity index (χ1n) is 31.0. The van der Waals surface area contributed by atoms with E-state index in [9.17, 15) is 48.3 Å². The average Bonchev–Trinajstić information content (AvgIpc) is 1.16. The van der Waals surface area contributed by atoms with E-state index in [0.29, 0.717) is 6.29 Å². The number of likely N-dealkylation sites (N-methyl/N-ethyl adjacent to an activating group) is 7. The lowest BCUT2D eigenvalue weighted by molar-refractivity contribution is -0.166. The fourth-order valence-corrected chi connectivity index (χ4v) is 10.9. The lowest BCUT2D eigenvalue weighted by atomic mass is 9.82. The standard InChI is InChI=1S/C63H111N11O13/c1-25-27-28-41(15)52(77)51-56(81)66-44(26-2)58(83)68(18)33-49(76)69(19)45(29-35(3)4)55(80)67-50(39(11)12)61(86)70(20)46(30-36(5)6)54(79)64-42(16)53(78)65-43(17)57(82)71(21)47(31-37(7)8)59(84)72(22)48(32-38(9)10)60(85)74(24)63(34-75,40(13)14)62(87)73(51)23/h25,27,34-48,50-52,77H,26,28-33H2,1-24H3,(H,64,79)(H,65,78)(H,66,81)(H,67,80)/b27-25+/t41-,42+,43-,44+,45+,46+,47+,48+,50+,51+,52-,63-/m1/s1. The number of amides is 11. The van der Waals surface area contributed by atoms with Gasteiger partial charge in [-0.15, -0.1) is 0 Å². The van der Waals surface area contributed by atoms with Crippen LogP contribution < -0.4 is 21.3 Å². The molecule has 1 saturated heterocycles. The van der Waals surface area contributed by atoms with Gasteiger partial charge >= 0.3 is 0 Å². The largest absolute Gasteiger partial charge is 0.390 e. The van der Waals surface area contributed by atoms with Gasteiger partial charge in [-0.2, -0.15) is 0 Å². The fraction of sp³-hybridized carbons (Fsp3) is 0.778. The van der Waals surface area contributed by atoms with Crippen LogP contribution in [0.2, 0.25) is 0 Å². The first kappa shape index (κ1) is 78.6. The van der Waals surface area contributed by atoms with Crippen molar-refractivity contribution in [3.05, 3.63) is 12.2 Å². The van der Waals surface area contributed by atoms with E-state index in [2.05, 4.69) is 21.3 Å². The second kappa shape index (κ2) is 34.9. The van der Waals surface area contributed by atoms with Crippen LogP contribution >= 0.6 is 0 Å². The lowest BCUT2D eigenvalue weighted by Crippen LogP contribution is -2.69. The van der Waals surface area contributed by atoms with Gasteiger partial charge in [0.25, 0.3) is 5.91 Å². The van der Waals surface area contributed by atoms with Crippen molar-refractivity contribution < 1.29 is 62.6 Å². The summed E-state index contributed by atoms with van der Waals surface area (Å²) in [6.45, 7) is 28.5. The zero-order valence-electron chi connectivity index (χ0n) is 57.0. The molecule has 0 aromatic heterocycles. The van der Waals surface area contributed by atoms with Gasteiger partial charge in [-0.1, -0.05) is 109 Å². The number of nitrogens with one attached hydrogen (secondary N) is 4. The van der Waals surface area contributed by atoms with Gasteiger partial charge in [0, 0.05) is 49.3 Å². The van der Waals surface area contributed by atoms with Crippen molar-refractivity contribution in [3.8, 4) is 0 Å². The molecule has 0 radical (unpaired) electrons. The third-order valence-electron chi connectivity index (χ3n) is 16.7. The van der Waals surface area contributed by atoms with Crippen molar-refractivity contribution in [1.29, 1.82) is 0 Å². The van der Waals surface area contributed by atoms with Gasteiger partial charge in [0.05, 0.1) is 12.6 Å². The number of nitrogens with zero attached hydrogens (tertiary/aromatic N) is 7. The second-order valence-corrected chi connectivity index (χ2v) is 26.4. The minimum Gasteiger partial charge on any atom is -0.390 e. The molecule has 0 saturated carbocycles. The highest BCUT2D eigenvalue weighted by Gasteiger charge is 2.54. The third-order valence-corrected chi connectivity index (χ3v) is 16.7. The van der Waals surface area contributed by atoms with Crippen molar-refractivity contribution >= 4 is 71.3 Å². The maximum atomic E-state index is 15.5. The van der Waals surface area contributed by atoms with Crippen LogP contribution in [0.5, 0.6) is 0 Å². The van der Waals surface area contributed by atoms with Crippen molar-refractivity contribution in [2.24, 2.45) is 41.4 Å². The zero-order chi connectivity index (χ0) is 67.6. The normalized spacial score (nSPS) is 27.4. The molecule has 0 spiro atoms. The number of hydrogen-bond acceptors (Lipinski definition) is 13. The van der Waals surface area contributed by atoms with Crippen LogP contribution in [0.15, 0.2) is 12.2 Å². The molecule has 24 nitrogen and oxygen atoms in total. The molecule has 87 heavy (non-hydrogen) atoms. The predicted octanol–water partition coefficient (Wildman–Crippen LogP) is 2.84. The summed E-state index contributed by atoms with van der Waals surface area (Å²) in [7, 11) is 9.41. The fourth-order valence-electron chi connectivity index (χ4n) is 10.9. The Kier molecular flexibility index (Phi) is 31.5. The van der Waals surface area contributed by atoms with Crippen LogP contribution in [0.1, 0.15) is 156 Å². The summed E-state index contributed by atoms with van der Waals surface area (Å²) in [5.41, 5.74) is -2.38. The molecule has 0 aromatic rings. The Balaban J connectivity index is 4.43. The molecule has 496 valence electrons. The van der Waals surface area contributed by atoms with Crippen LogP contribution in [0, 0.1) is 41.4 Å². The van der Waals surface area contributed by atoms with Crippen molar-refractivity contribution in [2.75, 3.05) is 55.9 Å². The van der Waals surface area contributed by atoms with E-state index in [4.69, 9.17) is 0 Å². The van der Waals surface area contributed by atoms with Crippen LogP contribution in [-0.2, 0) is 57.5 Å². The number of aliphatic hydroxyl groups is 1. The van der Waals surface area contributed by atoms with E-state index in [1.165, 1.54) is 96.6 Å². The number of aliphatic hydroxyl groups excluding tert-OH is 1. The van der Waals surface area contributed by atoms with E-state index >= 15 is 14.4 Å². The summed E-state index contributed by atoms with van der Waals surface area (Å²) in [6.07, 6.45) is 2.77. The summed E-state index contributed by atoms with van der Waals surface area (Å²) in [4.78, 5) is 183. The van der Waals surface area contributed by atoms with Crippen molar-refractivity contribution in [2.45, 2.75) is 222 Å². The second-order valence-electron chi connectivity index (χ2n) is 26.4. The number of carbonyl (C=O) groups excluding carboxylic acids is 12. The first-order valence-corrected chi connectivity index (χ1v) is 31.0. The monoisotopic (exact) mass is 1230 g/mol. The number of carbonyl (C=O) groups is 12. The molecule has 1 fully saturated rings. The first-order chi connectivity index (χ1) is 40.1. The van der Waals surface area contributed by atoms with Gasteiger partial charge in [0.1, 0.15) is 54.4 Å². The van der Waals surface area contributed by atoms with Crippen LogP contribution in [0.3, 0.4) is 0 Å². The maximum Gasteiger partial charge on any atom is 0.256 e. The number of rotatable bonds is 16. The molecule has 1 aliphatic rings. The average molecular weight is 1230 g/mol. The molecular formula is C63H111N11O13. The van der Waals surface area contributed by atoms with Crippen LogP contribution in [0.4, 0.5) is 0 Å². The molecule has 0 bridgehead atoms. The van der Waals surface area contributed by atoms with Gasteiger partial charge in [-0.3, -0.25) is 52.7 Å². The number of aldehydes is 1. The molecule has 0 unspecified atom stereocenters. The molecule has 1 aliphatic heterocycles. The summed E-state index contributed by atoms with van der Waals surface area (Å²) < 4.78 is 0. The molecule has 24 heteroatoms. The highest BCUT2D eigenvalue weighted by molar-refractivity contribution is 6.07. The van der Waals surface area contributed by atoms with E-state index in [1.807, 2.05) is 55.4 Å². The minimum absolute atomic E-state index is 0.0212. The Morgan fingerprint density at radius 1 is 0.529 bits per heavy atom. The third kappa shape index (κ3) is 20.6. The Morgan fingerprint density at radius 2 is 0.966 bits per heavy atom. The Bertz CT molecular complexity index is 2430. The SMILES string of the molecule is C/C=C/C[C@@H](C)[C@@H](O)[C@H]1C(=O)N[C@@H](CC)C(=O)N(C)CC(=O)N(C)[C@@H](CC(C)C)C(=O)N[C@@H](C(C)C)C(=O)N(C)[C@@H](CC(C)C)C(=O)N[C@@H](C)C(=O)N[C@H](C)C(=O)N(C)[C@@H](CC(C)C)C(=O)N(C)[C@@H](CC(C)C)C(=O)N(C)[C@](C=O)(C(C)C)C(=O)N1C. The van der Waals surface area contributed by atoms with Gasteiger partial charge in [-0.25, -0.2) is 0 Å². The van der Waals surface area contributed by atoms with Crippen molar-refractivity contribution in [3.63, 3.8) is 0 Å². The van der Waals surface area contributed by atoms with Gasteiger partial charge in [0.2, 0.25) is 59.1 Å². The molecule has 0 aromatic carbocycles. The smallest absolute Gasteiger partial charge is 0.256 e. The molecule has 1 rings (SSSR count). The Labute approximate surface area is 519 Å². The highest BCUT2D eigenvalue weighted by Crippen LogP contribution is 2.31. The van der Waals surface area contributed by atoms with Gasteiger partial charge in [-0.05, 0) is 101 Å². The quantitative estimate of drug-likeness (QED) is 0.0845. The van der Waals surface area contributed by atoms with E-state index in [-0.39, 0.29) is 62.2 Å². The van der Waals surface area contributed by atoms with Gasteiger partial charge in [0.15, 0.2) is 11.8 Å². The highest BCUT2D eigenvalue weighted by atomic mass is 16.3. The topological polar surface area (TPSA) is 296 Å². The Hall–Kier alpha value is -6.46. The molecular weight excluding hydrogens is 1120 g/mol. The molecule has 0 aliphatic carbocycles. The molecule has 5 N–H and O–H groups in total. The summed E-state index contributed by atoms with van der Waals surface area (Å²) in [5.74, 6) is -11.4. The van der Waals surface area contributed by atoms with E-state index in [0.717, 1.165) is 14.7 Å². The van der Waals surface area contributed by atoms with Crippen LogP contribution in [0.25, 0.3) is 0 Å².